The number of pyridine rings is 1. The Morgan fingerprint density at radius 1 is 1.48 bits per heavy atom. The molecule has 1 fully saturated rings. The molecule has 2 aromatic rings. The lowest BCUT2D eigenvalue weighted by molar-refractivity contribution is 0.315. The third-order valence-corrected chi connectivity index (χ3v) is 5.88. The molecule has 1 aliphatic rings. The third-order valence-electron chi connectivity index (χ3n) is 4.02. The molecule has 1 saturated heterocycles. The van der Waals surface area contributed by atoms with Gasteiger partial charge in [-0.05, 0) is 44.0 Å². The van der Waals surface area contributed by atoms with Gasteiger partial charge in [0.2, 0.25) is 10.0 Å². The molecule has 21 heavy (non-hydrogen) atoms. The molecule has 0 spiro atoms. The summed E-state index contributed by atoms with van der Waals surface area (Å²) in [6.07, 6.45) is 5.35. The van der Waals surface area contributed by atoms with Crippen molar-refractivity contribution in [2.75, 3.05) is 26.7 Å². The number of H-pyrrole nitrogens is 1. The summed E-state index contributed by atoms with van der Waals surface area (Å²) < 4.78 is 26.9. The normalized spacial score (nSPS) is 20.2. The highest BCUT2D eigenvalue weighted by Gasteiger charge is 2.27. The Hall–Kier alpha value is -1.44. The minimum atomic E-state index is -3.49. The molecule has 1 unspecified atom stereocenters. The van der Waals surface area contributed by atoms with Crippen LogP contribution in [0, 0.1) is 5.92 Å². The number of aromatic nitrogens is 2. The van der Waals surface area contributed by atoms with Gasteiger partial charge in [0.25, 0.3) is 0 Å². The second kappa shape index (κ2) is 5.75. The molecule has 1 atom stereocenters. The van der Waals surface area contributed by atoms with Gasteiger partial charge in [-0.15, -0.1) is 0 Å². The molecular weight excluding hydrogens is 288 g/mol. The summed E-state index contributed by atoms with van der Waals surface area (Å²) in [6, 6.07) is 3.53. The summed E-state index contributed by atoms with van der Waals surface area (Å²) in [5.41, 5.74) is 0.601. The van der Waals surface area contributed by atoms with Crippen molar-refractivity contribution in [3.63, 3.8) is 0 Å². The Kier molecular flexibility index (Phi) is 3.97. The molecule has 2 aromatic heterocycles. The molecule has 3 heterocycles. The van der Waals surface area contributed by atoms with Crippen LogP contribution in [0.25, 0.3) is 11.0 Å². The molecule has 0 bridgehead atoms. The minimum absolute atomic E-state index is 0.303. The smallest absolute Gasteiger partial charge is 0.245 e. The van der Waals surface area contributed by atoms with E-state index in [1.807, 2.05) is 0 Å². The number of sulfonamides is 1. The van der Waals surface area contributed by atoms with Crippen molar-refractivity contribution in [2.45, 2.75) is 17.7 Å². The topological polar surface area (TPSA) is 78.1 Å². The maximum absolute atomic E-state index is 12.7. The number of nitrogens with one attached hydrogen (secondary N) is 2. The average molecular weight is 308 g/mol. The Morgan fingerprint density at radius 3 is 3.10 bits per heavy atom. The van der Waals surface area contributed by atoms with E-state index < -0.39 is 10.0 Å². The molecule has 6 nitrogen and oxygen atoms in total. The van der Waals surface area contributed by atoms with E-state index in [1.54, 1.807) is 25.4 Å². The zero-order valence-electron chi connectivity index (χ0n) is 12.0. The van der Waals surface area contributed by atoms with Crippen molar-refractivity contribution < 1.29 is 8.42 Å². The number of hydrogen-bond acceptors (Lipinski definition) is 4. The summed E-state index contributed by atoms with van der Waals surface area (Å²) in [4.78, 5) is 7.37. The van der Waals surface area contributed by atoms with Crippen LogP contribution in [-0.4, -0.2) is 49.4 Å². The lowest BCUT2D eigenvalue weighted by atomic mass is 10.00. The van der Waals surface area contributed by atoms with E-state index in [-0.39, 0.29) is 0 Å². The number of fused-ring (bicyclic) bond motifs is 1. The lowest BCUT2D eigenvalue weighted by Crippen LogP contribution is -2.39. The van der Waals surface area contributed by atoms with Gasteiger partial charge >= 0.3 is 0 Å². The lowest BCUT2D eigenvalue weighted by Gasteiger charge is -2.27. The van der Waals surface area contributed by atoms with Crippen LogP contribution in [0.3, 0.4) is 0 Å². The van der Waals surface area contributed by atoms with Crippen LogP contribution in [0.2, 0.25) is 0 Å². The minimum Gasteiger partial charge on any atom is -0.345 e. The van der Waals surface area contributed by atoms with E-state index in [4.69, 9.17) is 0 Å². The van der Waals surface area contributed by atoms with Gasteiger partial charge in [-0.2, -0.15) is 0 Å². The number of piperidine rings is 1. The zero-order chi connectivity index (χ0) is 14.9. The summed E-state index contributed by atoms with van der Waals surface area (Å²) >= 11 is 0. The van der Waals surface area contributed by atoms with E-state index >= 15 is 0 Å². The van der Waals surface area contributed by atoms with Crippen molar-refractivity contribution in [2.24, 2.45) is 5.92 Å². The van der Waals surface area contributed by atoms with Gasteiger partial charge in [0, 0.05) is 31.4 Å². The first kappa shape index (κ1) is 14.5. The first-order valence-corrected chi connectivity index (χ1v) is 8.62. The van der Waals surface area contributed by atoms with Crippen LogP contribution in [0.15, 0.2) is 29.4 Å². The number of aromatic amines is 1. The molecule has 1 aliphatic heterocycles. The summed E-state index contributed by atoms with van der Waals surface area (Å²) in [6.45, 7) is 2.46. The number of hydrogen-bond donors (Lipinski definition) is 2. The highest BCUT2D eigenvalue weighted by molar-refractivity contribution is 7.89. The first-order chi connectivity index (χ1) is 10.1. The predicted molar refractivity (Wildman–Crippen MR) is 81.5 cm³/mol. The second-order valence-electron chi connectivity index (χ2n) is 5.55. The fourth-order valence-corrected chi connectivity index (χ4v) is 4.25. The Balaban J connectivity index is 1.85. The van der Waals surface area contributed by atoms with Crippen LogP contribution in [0.1, 0.15) is 12.8 Å². The number of nitrogens with zero attached hydrogens (tertiary/aromatic N) is 2. The highest BCUT2D eigenvalue weighted by Crippen LogP contribution is 2.24. The van der Waals surface area contributed by atoms with Gasteiger partial charge in [-0.1, -0.05) is 0 Å². The molecule has 0 amide bonds. The van der Waals surface area contributed by atoms with Crippen LogP contribution in [0.5, 0.6) is 0 Å². The maximum Gasteiger partial charge on any atom is 0.245 e. The molecular formula is C14H20N4O2S. The van der Waals surface area contributed by atoms with Crippen LogP contribution >= 0.6 is 0 Å². The van der Waals surface area contributed by atoms with Crippen LogP contribution < -0.4 is 5.32 Å². The molecule has 2 N–H and O–H groups in total. The zero-order valence-corrected chi connectivity index (χ0v) is 12.9. The summed E-state index contributed by atoms with van der Waals surface area (Å²) in [7, 11) is -1.84. The SMILES string of the molecule is CN(CC1CCCNC1)S(=O)(=O)c1c[nH]c2ncccc12. The van der Waals surface area contributed by atoms with Gasteiger partial charge in [0.05, 0.1) is 0 Å². The van der Waals surface area contributed by atoms with E-state index in [0.717, 1.165) is 25.9 Å². The van der Waals surface area contributed by atoms with Crippen LogP contribution in [0.4, 0.5) is 0 Å². The molecule has 0 aliphatic carbocycles. The molecule has 0 radical (unpaired) electrons. The van der Waals surface area contributed by atoms with Crippen molar-refractivity contribution in [1.29, 1.82) is 0 Å². The largest absolute Gasteiger partial charge is 0.345 e. The fourth-order valence-electron chi connectivity index (χ4n) is 2.85. The van der Waals surface area contributed by atoms with Crippen molar-refractivity contribution >= 4 is 21.1 Å². The fraction of sp³-hybridized carbons (Fsp3) is 0.500. The Morgan fingerprint density at radius 2 is 2.33 bits per heavy atom. The van der Waals surface area contributed by atoms with Gasteiger partial charge in [0.1, 0.15) is 10.5 Å². The Labute approximate surface area is 124 Å². The maximum atomic E-state index is 12.7. The van der Waals surface area contributed by atoms with E-state index in [9.17, 15) is 8.42 Å². The van der Waals surface area contributed by atoms with Crippen molar-refractivity contribution in [3.8, 4) is 0 Å². The molecule has 0 aromatic carbocycles. The van der Waals surface area contributed by atoms with E-state index in [0.29, 0.717) is 28.4 Å². The average Bonchev–Trinajstić information content (AvgIpc) is 2.93. The highest BCUT2D eigenvalue weighted by atomic mass is 32.2. The van der Waals surface area contributed by atoms with Crippen LogP contribution in [-0.2, 0) is 10.0 Å². The molecule has 0 saturated carbocycles. The molecule has 114 valence electrons. The molecule has 3 rings (SSSR count). The van der Waals surface area contributed by atoms with E-state index in [2.05, 4.69) is 15.3 Å². The monoisotopic (exact) mass is 308 g/mol. The summed E-state index contributed by atoms with van der Waals surface area (Å²) in [5, 5.41) is 3.96. The quantitative estimate of drug-likeness (QED) is 0.889. The second-order valence-corrected chi connectivity index (χ2v) is 7.56. The van der Waals surface area contributed by atoms with Crippen molar-refractivity contribution in [1.82, 2.24) is 19.6 Å². The third kappa shape index (κ3) is 2.81. The first-order valence-electron chi connectivity index (χ1n) is 7.18. The van der Waals surface area contributed by atoms with Gasteiger partial charge in [-0.3, -0.25) is 0 Å². The standard InChI is InChI=1S/C14H20N4O2S/c1-18(10-11-4-2-6-15-8-11)21(19,20)13-9-17-14-12(13)5-3-7-16-14/h3,5,7,9,11,15H,2,4,6,8,10H2,1H3,(H,16,17). The van der Waals surface area contributed by atoms with Gasteiger partial charge in [-0.25, -0.2) is 17.7 Å². The Bertz CT molecular complexity index is 719. The molecule has 7 heteroatoms. The predicted octanol–water partition coefficient (Wildman–Crippen LogP) is 1.18. The van der Waals surface area contributed by atoms with Gasteiger partial charge < -0.3 is 10.3 Å². The number of rotatable bonds is 4. The van der Waals surface area contributed by atoms with Crippen molar-refractivity contribution in [3.05, 3.63) is 24.5 Å². The van der Waals surface area contributed by atoms with Gasteiger partial charge in [0.15, 0.2) is 0 Å². The summed E-state index contributed by atoms with van der Waals surface area (Å²) in [5.74, 6) is 0.377. The van der Waals surface area contributed by atoms with E-state index in [1.165, 1.54) is 10.5 Å².